The molecular weight excluding hydrogens is 334 g/mol. The molecule has 0 aliphatic rings. The van der Waals surface area contributed by atoms with Gasteiger partial charge in [0.25, 0.3) is 0 Å². The third kappa shape index (κ3) is 4.24. The van der Waals surface area contributed by atoms with Gasteiger partial charge in [0.15, 0.2) is 0 Å². The van der Waals surface area contributed by atoms with Gasteiger partial charge >= 0.3 is 0 Å². The van der Waals surface area contributed by atoms with Gasteiger partial charge in [-0.05, 0) is 54.8 Å². The molecule has 0 unspecified atom stereocenters. The normalized spacial score (nSPS) is 10.3. The van der Waals surface area contributed by atoms with Crippen molar-refractivity contribution in [3.8, 4) is 6.07 Å². The number of rotatable bonds is 5. The third-order valence-corrected chi connectivity index (χ3v) is 4.53. The second kappa shape index (κ2) is 7.88. The Balaban J connectivity index is 1.84. The minimum absolute atomic E-state index is 0.622. The summed E-state index contributed by atoms with van der Waals surface area (Å²) in [7, 11) is 4.09. The van der Waals surface area contributed by atoms with Gasteiger partial charge in [-0.15, -0.1) is 0 Å². The highest BCUT2D eigenvalue weighted by atomic mass is 15.1. The summed E-state index contributed by atoms with van der Waals surface area (Å²) >= 11 is 0. The number of hydrogen-bond acceptors (Lipinski definition) is 5. The van der Waals surface area contributed by atoms with Gasteiger partial charge in [-0.1, -0.05) is 18.2 Å². The molecule has 3 aromatic rings. The van der Waals surface area contributed by atoms with Gasteiger partial charge in [0.2, 0.25) is 0 Å². The molecule has 136 valence electrons. The summed E-state index contributed by atoms with van der Waals surface area (Å²) in [4.78, 5) is 11.2. The molecule has 3 rings (SSSR count). The van der Waals surface area contributed by atoms with Crippen LogP contribution in [0.2, 0.25) is 0 Å². The van der Waals surface area contributed by atoms with Crippen LogP contribution in [0.1, 0.15) is 28.1 Å². The van der Waals surface area contributed by atoms with Crippen molar-refractivity contribution in [2.45, 2.75) is 20.3 Å². The van der Waals surface area contributed by atoms with Crippen LogP contribution in [-0.2, 0) is 6.42 Å². The molecule has 1 heterocycles. The molecule has 1 aromatic heterocycles. The van der Waals surface area contributed by atoms with Crippen LogP contribution in [0.15, 0.2) is 48.7 Å². The van der Waals surface area contributed by atoms with E-state index in [9.17, 15) is 0 Å². The highest BCUT2D eigenvalue weighted by Crippen LogP contribution is 2.30. The first-order chi connectivity index (χ1) is 13.0. The zero-order chi connectivity index (χ0) is 19.4. The molecule has 0 radical (unpaired) electrons. The maximum absolute atomic E-state index is 8.91. The van der Waals surface area contributed by atoms with Crippen molar-refractivity contribution in [2.75, 3.05) is 24.3 Å². The van der Waals surface area contributed by atoms with Crippen molar-refractivity contribution in [3.05, 3.63) is 76.7 Å². The van der Waals surface area contributed by atoms with Crippen LogP contribution in [0.25, 0.3) is 0 Å². The molecule has 0 fully saturated rings. The molecule has 27 heavy (non-hydrogen) atoms. The Morgan fingerprint density at radius 2 is 1.78 bits per heavy atom. The lowest BCUT2D eigenvalue weighted by Gasteiger charge is -2.20. The van der Waals surface area contributed by atoms with E-state index >= 15 is 0 Å². The maximum atomic E-state index is 8.91. The zero-order valence-electron chi connectivity index (χ0n) is 16.1. The molecule has 0 saturated carbocycles. The van der Waals surface area contributed by atoms with Crippen molar-refractivity contribution in [2.24, 2.45) is 0 Å². The van der Waals surface area contributed by atoms with E-state index in [4.69, 9.17) is 5.26 Å². The molecular formula is C22H23N5. The number of benzene rings is 2. The van der Waals surface area contributed by atoms with Gasteiger partial charge in [0.05, 0.1) is 11.6 Å². The molecule has 0 amide bonds. The molecule has 0 atom stereocenters. The van der Waals surface area contributed by atoms with Crippen LogP contribution in [0.3, 0.4) is 0 Å². The molecule has 0 aliphatic heterocycles. The van der Waals surface area contributed by atoms with E-state index in [0.29, 0.717) is 12.0 Å². The molecule has 2 aromatic carbocycles. The van der Waals surface area contributed by atoms with Crippen LogP contribution in [0, 0.1) is 25.2 Å². The fraction of sp³-hybridized carbons (Fsp3) is 0.227. The van der Waals surface area contributed by atoms with Crippen molar-refractivity contribution in [1.82, 2.24) is 9.97 Å². The average molecular weight is 357 g/mol. The first-order valence-corrected chi connectivity index (χ1v) is 8.83. The molecule has 0 spiro atoms. The quantitative estimate of drug-likeness (QED) is 0.735. The lowest BCUT2D eigenvalue weighted by Crippen LogP contribution is -2.12. The lowest BCUT2D eigenvalue weighted by molar-refractivity contribution is 0.970. The summed E-state index contributed by atoms with van der Waals surface area (Å²) in [5.74, 6) is 1.51. The number of hydrogen-bond donors (Lipinski definition) is 1. The number of aryl methyl sites for hydroxylation is 1. The zero-order valence-corrected chi connectivity index (χ0v) is 16.1. The Morgan fingerprint density at radius 1 is 1.04 bits per heavy atom. The second-order valence-corrected chi connectivity index (χ2v) is 6.76. The van der Waals surface area contributed by atoms with Gasteiger partial charge in [-0.3, -0.25) is 0 Å². The lowest BCUT2D eigenvalue weighted by atomic mass is 10.1. The summed E-state index contributed by atoms with van der Waals surface area (Å²) in [6, 6.07) is 15.8. The van der Waals surface area contributed by atoms with Crippen molar-refractivity contribution < 1.29 is 0 Å². The maximum Gasteiger partial charge on any atom is 0.135 e. The smallest absolute Gasteiger partial charge is 0.135 e. The first-order valence-electron chi connectivity index (χ1n) is 8.83. The van der Waals surface area contributed by atoms with E-state index in [1.165, 1.54) is 16.8 Å². The largest absolute Gasteiger partial charge is 0.377 e. The standard InChI is InChI=1S/C22H23N5/c1-15-5-10-19(27(3)4)16(2)22(15)26-20-11-12-24-21(25-20)13-17-6-8-18(14-23)9-7-17/h5-12H,13H2,1-4H3,(H,24,25,26). The molecule has 0 saturated heterocycles. The molecule has 0 bridgehead atoms. The van der Waals surface area contributed by atoms with Gasteiger partial charge in [-0.25, -0.2) is 9.97 Å². The van der Waals surface area contributed by atoms with E-state index < -0.39 is 0 Å². The Hall–Kier alpha value is -3.39. The number of nitrogens with zero attached hydrogens (tertiary/aromatic N) is 4. The molecule has 5 nitrogen and oxygen atoms in total. The summed E-state index contributed by atoms with van der Waals surface area (Å²) in [6.45, 7) is 4.21. The van der Waals surface area contributed by atoms with E-state index in [-0.39, 0.29) is 0 Å². The van der Waals surface area contributed by atoms with E-state index in [1.54, 1.807) is 6.20 Å². The SMILES string of the molecule is Cc1ccc(N(C)C)c(C)c1Nc1ccnc(Cc2ccc(C#N)cc2)n1. The second-order valence-electron chi connectivity index (χ2n) is 6.76. The van der Waals surface area contributed by atoms with Crippen molar-refractivity contribution in [1.29, 1.82) is 5.26 Å². The number of aromatic nitrogens is 2. The summed E-state index contributed by atoms with van der Waals surface area (Å²) < 4.78 is 0. The van der Waals surface area contributed by atoms with Crippen molar-refractivity contribution >= 4 is 17.2 Å². The van der Waals surface area contributed by atoms with E-state index in [0.717, 1.165) is 22.9 Å². The van der Waals surface area contributed by atoms with Crippen LogP contribution in [-0.4, -0.2) is 24.1 Å². The molecule has 1 N–H and O–H groups in total. The summed E-state index contributed by atoms with van der Waals surface area (Å²) in [5, 5.41) is 12.4. The average Bonchev–Trinajstić information content (AvgIpc) is 2.66. The van der Waals surface area contributed by atoms with Gasteiger partial charge < -0.3 is 10.2 Å². The fourth-order valence-corrected chi connectivity index (χ4v) is 3.07. The fourth-order valence-electron chi connectivity index (χ4n) is 3.07. The molecule has 5 heteroatoms. The number of nitriles is 1. The van der Waals surface area contributed by atoms with Crippen LogP contribution >= 0.6 is 0 Å². The summed E-state index contributed by atoms with van der Waals surface area (Å²) in [6.07, 6.45) is 2.39. The highest BCUT2D eigenvalue weighted by molar-refractivity contribution is 5.72. The van der Waals surface area contributed by atoms with E-state index in [2.05, 4.69) is 52.2 Å². The predicted molar refractivity (Wildman–Crippen MR) is 110 cm³/mol. The van der Waals surface area contributed by atoms with Crippen LogP contribution in [0.4, 0.5) is 17.2 Å². The van der Waals surface area contributed by atoms with E-state index in [1.807, 2.05) is 44.4 Å². The van der Waals surface area contributed by atoms with Crippen molar-refractivity contribution in [3.63, 3.8) is 0 Å². The molecule has 0 aliphatic carbocycles. The van der Waals surface area contributed by atoms with Gasteiger partial charge in [-0.2, -0.15) is 5.26 Å². The Bertz CT molecular complexity index is 985. The minimum Gasteiger partial charge on any atom is -0.377 e. The van der Waals surface area contributed by atoms with Gasteiger partial charge in [0, 0.05) is 38.1 Å². The number of anilines is 3. The van der Waals surface area contributed by atoms with Crippen LogP contribution in [0.5, 0.6) is 0 Å². The van der Waals surface area contributed by atoms with Crippen LogP contribution < -0.4 is 10.2 Å². The Kier molecular flexibility index (Phi) is 5.37. The minimum atomic E-state index is 0.622. The predicted octanol–water partition coefficient (Wildman–Crippen LogP) is 4.37. The number of nitrogens with one attached hydrogen (secondary N) is 1. The highest BCUT2D eigenvalue weighted by Gasteiger charge is 2.10. The summed E-state index contributed by atoms with van der Waals surface area (Å²) in [5.41, 5.74) is 6.34. The first kappa shape index (κ1) is 18.4. The Morgan fingerprint density at radius 3 is 2.44 bits per heavy atom. The topological polar surface area (TPSA) is 64.8 Å². The third-order valence-electron chi connectivity index (χ3n) is 4.53. The Labute approximate surface area is 160 Å². The van der Waals surface area contributed by atoms with Gasteiger partial charge in [0.1, 0.15) is 11.6 Å². The monoisotopic (exact) mass is 357 g/mol.